The van der Waals surface area contributed by atoms with Crippen LogP contribution < -0.4 is 0 Å². The predicted octanol–water partition coefficient (Wildman–Crippen LogP) is 9.60. The predicted molar refractivity (Wildman–Crippen MR) is 118 cm³/mol. The fraction of sp³-hybridized carbons (Fsp3) is 0.833. The van der Waals surface area contributed by atoms with Crippen LogP contribution in [0.2, 0.25) is 0 Å². The molecule has 0 nitrogen and oxygen atoms in total. The molecule has 0 rings (SSSR count). The van der Waals surface area contributed by atoms with Gasteiger partial charge in [0.25, 0.3) is 0 Å². The summed E-state index contributed by atoms with van der Waals surface area (Å²) in [5.41, 5.74) is 0. The Morgan fingerprint density at radius 3 is 0.560 bits per heavy atom. The van der Waals surface area contributed by atoms with Crippen LogP contribution in [-0.4, -0.2) is 0 Å². The smallest absolute Gasteiger partial charge is 0 e. The molecule has 25 heavy (non-hydrogen) atoms. The first-order valence-electron chi connectivity index (χ1n) is 10.8. The van der Waals surface area contributed by atoms with Gasteiger partial charge in [0, 0.05) is 16.8 Å². The van der Waals surface area contributed by atoms with Gasteiger partial charge in [-0.1, -0.05) is 105 Å². The largest absolute Gasteiger partial charge is 0.343 e. The molecule has 0 aliphatic heterocycles. The van der Waals surface area contributed by atoms with Crippen LogP contribution in [0.3, 0.4) is 0 Å². The summed E-state index contributed by atoms with van der Waals surface area (Å²) < 4.78 is 0. The van der Waals surface area contributed by atoms with Crippen LogP contribution in [0.25, 0.3) is 0 Å². The zero-order valence-electron chi connectivity index (χ0n) is 18.5. The van der Waals surface area contributed by atoms with Gasteiger partial charge in [0.2, 0.25) is 0 Å². The molecule has 0 bridgehead atoms. The van der Waals surface area contributed by atoms with Gasteiger partial charge in [-0.15, -0.1) is 0 Å². The summed E-state index contributed by atoms with van der Waals surface area (Å²) in [5, 5.41) is 0. The molecule has 0 spiro atoms. The first-order chi connectivity index (χ1) is 11.7. The third-order valence-electron chi connectivity index (χ3n) is 3.41. The van der Waals surface area contributed by atoms with Gasteiger partial charge < -0.3 is 27.7 Å². The zero-order chi connectivity index (χ0) is 19.3. The Balaban J connectivity index is -0.0000000702. The van der Waals surface area contributed by atoms with Gasteiger partial charge in [-0.25, -0.2) is 0 Å². The summed E-state index contributed by atoms with van der Waals surface area (Å²) in [4.78, 5) is 0. The molecule has 0 fully saturated rings. The van der Waals surface area contributed by atoms with Gasteiger partial charge >= 0.3 is 0 Å². The average molecular weight is 400 g/mol. The molecule has 0 amide bonds. The van der Waals surface area contributed by atoms with Crippen molar-refractivity contribution in [3.8, 4) is 0 Å². The Hall–Kier alpha value is 0.506. The third kappa shape index (κ3) is 79.4. The van der Waals surface area contributed by atoms with Gasteiger partial charge in [0.05, 0.1) is 0 Å². The first-order valence-corrected chi connectivity index (χ1v) is 10.8. The van der Waals surface area contributed by atoms with Crippen molar-refractivity contribution in [2.45, 2.75) is 130 Å². The quantitative estimate of drug-likeness (QED) is 0.226. The molecule has 1 heteroatoms. The van der Waals surface area contributed by atoms with E-state index in [1.807, 2.05) is 0 Å². The van der Waals surface area contributed by atoms with Crippen molar-refractivity contribution in [2.24, 2.45) is 0 Å². The second-order valence-corrected chi connectivity index (χ2v) is 6.24. The minimum absolute atomic E-state index is 0. The van der Waals surface area contributed by atoms with Crippen molar-refractivity contribution in [1.82, 2.24) is 0 Å². The molecule has 1 radical (unpaired) electrons. The van der Waals surface area contributed by atoms with E-state index in [1.165, 1.54) is 77.0 Å². The Kier molecular flexibility index (Phi) is 72.4. The summed E-state index contributed by atoms with van der Waals surface area (Å²) in [5.74, 6) is 0. The summed E-state index contributed by atoms with van der Waals surface area (Å²) in [6.45, 7) is 23.7. The average Bonchev–Trinajstić information content (AvgIpc) is 2.62. The normalized spacial score (nSPS) is 8.64. The molecule has 161 valence electrons. The topological polar surface area (TPSA) is 0 Å². The van der Waals surface area contributed by atoms with Crippen LogP contribution in [0, 0.1) is 27.7 Å². The van der Waals surface area contributed by atoms with Gasteiger partial charge in [-0.3, -0.25) is 0 Å². The Morgan fingerprint density at radius 2 is 0.520 bits per heavy atom. The van der Waals surface area contributed by atoms with Crippen LogP contribution in [0.5, 0.6) is 0 Å². The third-order valence-corrected chi connectivity index (χ3v) is 3.41. The molecule has 0 saturated carbocycles. The van der Waals surface area contributed by atoms with E-state index in [4.69, 9.17) is 0 Å². The van der Waals surface area contributed by atoms with E-state index in [1.54, 1.807) is 0 Å². The summed E-state index contributed by atoms with van der Waals surface area (Å²) in [6.07, 6.45) is 20.3. The van der Waals surface area contributed by atoms with E-state index >= 15 is 0 Å². The first kappa shape index (κ1) is 36.4. The monoisotopic (exact) mass is 399 g/mol. The van der Waals surface area contributed by atoms with E-state index in [0.29, 0.717) is 0 Å². The molecule has 0 aromatic heterocycles. The molecule has 0 atom stereocenters. The fourth-order valence-electron chi connectivity index (χ4n) is 1.71. The second kappa shape index (κ2) is 49.7. The molecule has 0 unspecified atom stereocenters. The maximum Gasteiger partial charge on any atom is 0 e. The molecule has 0 aliphatic carbocycles. The maximum atomic E-state index is 3.72. The van der Waals surface area contributed by atoms with Gasteiger partial charge in [-0.05, 0) is 0 Å². The number of unbranched alkanes of at least 4 members (excludes halogenated alkanes) is 12. The molecule has 0 aromatic carbocycles. The molecule has 0 saturated heterocycles. The Morgan fingerprint density at radius 1 is 0.360 bits per heavy atom. The van der Waals surface area contributed by atoms with Crippen molar-refractivity contribution in [3.05, 3.63) is 27.7 Å². The zero-order valence-corrected chi connectivity index (χ0v) is 19.5. The van der Waals surface area contributed by atoms with Crippen LogP contribution in [-0.2, 0) is 16.8 Å². The van der Waals surface area contributed by atoms with E-state index in [0.717, 1.165) is 25.7 Å². The SMILES string of the molecule is [CH2-]CCCCC.[CH2-]CCCCC.[CH2-]CCCCC.[CH2-]CCCCC.[Co]. The van der Waals surface area contributed by atoms with Crippen LogP contribution >= 0.6 is 0 Å². The number of hydrogen-bond donors (Lipinski definition) is 0. The van der Waals surface area contributed by atoms with Crippen LogP contribution in [0.4, 0.5) is 0 Å². The maximum absolute atomic E-state index is 3.72. The van der Waals surface area contributed by atoms with Crippen LogP contribution in [0.1, 0.15) is 130 Å². The number of hydrogen-bond acceptors (Lipinski definition) is 0. The van der Waals surface area contributed by atoms with Crippen molar-refractivity contribution >= 4 is 0 Å². The second-order valence-electron chi connectivity index (χ2n) is 6.24. The van der Waals surface area contributed by atoms with E-state index < -0.39 is 0 Å². The van der Waals surface area contributed by atoms with Crippen molar-refractivity contribution < 1.29 is 16.8 Å². The van der Waals surface area contributed by atoms with Crippen molar-refractivity contribution in [3.63, 3.8) is 0 Å². The molecular formula is C24H52Co-4. The van der Waals surface area contributed by atoms with E-state index in [-0.39, 0.29) is 16.8 Å². The van der Waals surface area contributed by atoms with E-state index in [2.05, 4.69) is 55.4 Å². The molecular weight excluding hydrogens is 347 g/mol. The standard InChI is InChI=1S/4C6H13.Co/c4*1-3-5-6-4-2;/h4*1,3-6H2,2H3;/q4*-1;. The molecule has 0 aliphatic rings. The summed E-state index contributed by atoms with van der Waals surface area (Å²) in [6, 6.07) is 0. The van der Waals surface area contributed by atoms with Gasteiger partial charge in [0.15, 0.2) is 0 Å². The van der Waals surface area contributed by atoms with E-state index in [9.17, 15) is 0 Å². The minimum Gasteiger partial charge on any atom is -0.343 e. The molecule has 0 aromatic rings. The van der Waals surface area contributed by atoms with Gasteiger partial charge in [-0.2, -0.15) is 25.7 Å². The molecule has 0 heterocycles. The van der Waals surface area contributed by atoms with Gasteiger partial charge in [0.1, 0.15) is 0 Å². The molecule has 0 N–H and O–H groups in total. The minimum atomic E-state index is 0. The Bertz CT molecular complexity index is 86.1. The number of rotatable bonds is 12. The summed E-state index contributed by atoms with van der Waals surface area (Å²) in [7, 11) is 0. The van der Waals surface area contributed by atoms with Crippen LogP contribution in [0.15, 0.2) is 0 Å². The fourth-order valence-corrected chi connectivity index (χ4v) is 1.71. The van der Waals surface area contributed by atoms with Crippen molar-refractivity contribution in [1.29, 1.82) is 0 Å². The summed E-state index contributed by atoms with van der Waals surface area (Å²) >= 11 is 0. The van der Waals surface area contributed by atoms with Crippen molar-refractivity contribution in [2.75, 3.05) is 0 Å². The Labute approximate surface area is 174 Å².